The van der Waals surface area contributed by atoms with Crippen molar-refractivity contribution >= 4 is 0 Å². The van der Waals surface area contributed by atoms with Crippen LogP contribution in [0.15, 0.2) is 59.5 Å². The van der Waals surface area contributed by atoms with Gasteiger partial charge in [-0.05, 0) is 59.2 Å². The molecule has 8 heteroatoms. The van der Waals surface area contributed by atoms with Gasteiger partial charge in [0, 0.05) is 24.9 Å². The van der Waals surface area contributed by atoms with Crippen molar-refractivity contribution < 1.29 is 9.13 Å². The molecule has 0 spiro atoms. The van der Waals surface area contributed by atoms with E-state index in [0.29, 0.717) is 23.7 Å². The summed E-state index contributed by atoms with van der Waals surface area (Å²) < 4.78 is 22.0. The molecule has 0 aliphatic heterocycles. The molecule has 0 aliphatic rings. The molecule has 0 aliphatic carbocycles. The lowest BCUT2D eigenvalue weighted by molar-refractivity contribution is 0.301. The molecule has 152 valence electrons. The van der Waals surface area contributed by atoms with E-state index in [-0.39, 0.29) is 11.5 Å². The Morgan fingerprint density at radius 2 is 1.87 bits per heavy atom. The number of aryl methyl sites for hydroxylation is 3. The summed E-state index contributed by atoms with van der Waals surface area (Å²) in [5, 5.41) is 7.68. The monoisotopic (exact) mass is 405 g/mol. The molecule has 2 heterocycles. The number of pyridine rings is 1. The van der Waals surface area contributed by atoms with E-state index in [1.807, 2.05) is 44.2 Å². The van der Waals surface area contributed by atoms with Crippen molar-refractivity contribution in [3.8, 4) is 22.7 Å². The Bertz CT molecular complexity index is 1280. The summed E-state index contributed by atoms with van der Waals surface area (Å²) in [6, 6.07) is 14.0. The molecule has 4 aromatic rings. The van der Waals surface area contributed by atoms with Crippen LogP contribution in [0.4, 0.5) is 4.39 Å². The summed E-state index contributed by atoms with van der Waals surface area (Å²) in [7, 11) is 1.54. The van der Waals surface area contributed by atoms with Gasteiger partial charge >= 0.3 is 5.69 Å². The van der Waals surface area contributed by atoms with Crippen molar-refractivity contribution in [3.05, 3.63) is 87.7 Å². The number of tetrazole rings is 1. The smallest absolute Gasteiger partial charge is 0.368 e. The van der Waals surface area contributed by atoms with Gasteiger partial charge in [0.1, 0.15) is 23.9 Å². The third kappa shape index (κ3) is 3.71. The van der Waals surface area contributed by atoms with E-state index in [4.69, 9.17) is 4.74 Å². The Kier molecular flexibility index (Phi) is 5.14. The summed E-state index contributed by atoms with van der Waals surface area (Å²) >= 11 is 0. The van der Waals surface area contributed by atoms with Crippen LogP contribution in [0.5, 0.6) is 5.75 Å². The standard InChI is InChI=1S/C22H20FN5O2/c1-14-5-4-6-20(28-22(29)27(3)25-26-28)21(14)30-13-17-8-7-16(11-15(17)2)19-12-18(23)9-10-24-19/h4-12H,13H2,1-3H3. The minimum atomic E-state index is -0.353. The Morgan fingerprint density at radius 3 is 2.57 bits per heavy atom. The lowest BCUT2D eigenvalue weighted by Crippen LogP contribution is -2.22. The Hall–Kier alpha value is -3.81. The number of ether oxygens (including phenoxy) is 1. The van der Waals surface area contributed by atoms with E-state index >= 15 is 0 Å². The zero-order valence-electron chi connectivity index (χ0n) is 16.8. The largest absolute Gasteiger partial charge is 0.486 e. The van der Waals surface area contributed by atoms with E-state index in [0.717, 1.165) is 26.9 Å². The van der Waals surface area contributed by atoms with Crippen LogP contribution in [0.25, 0.3) is 16.9 Å². The normalized spacial score (nSPS) is 10.9. The van der Waals surface area contributed by atoms with Crippen LogP contribution in [0.1, 0.15) is 16.7 Å². The predicted molar refractivity (Wildman–Crippen MR) is 110 cm³/mol. The second-order valence-electron chi connectivity index (χ2n) is 7.01. The van der Waals surface area contributed by atoms with E-state index in [1.54, 1.807) is 13.1 Å². The number of hydrogen-bond donors (Lipinski definition) is 0. The van der Waals surface area contributed by atoms with Crippen molar-refractivity contribution in [2.45, 2.75) is 20.5 Å². The molecule has 0 bridgehead atoms. The van der Waals surface area contributed by atoms with Gasteiger partial charge in [-0.1, -0.05) is 24.3 Å². The van der Waals surface area contributed by atoms with Gasteiger partial charge in [-0.25, -0.2) is 9.18 Å². The molecule has 0 fully saturated rings. The molecule has 4 rings (SSSR count). The highest BCUT2D eigenvalue weighted by molar-refractivity contribution is 5.61. The molecule has 0 radical (unpaired) electrons. The van der Waals surface area contributed by atoms with Gasteiger partial charge in [0.05, 0.1) is 5.69 Å². The fourth-order valence-corrected chi connectivity index (χ4v) is 3.19. The van der Waals surface area contributed by atoms with Gasteiger partial charge in [0.2, 0.25) is 0 Å². The van der Waals surface area contributed by atoms with E-state index < -0.39 is 0 Å². The zero-order chi connectivity index (χ0) is 21.3. The molecular formula is C22H20FN5O2. The van der Waals surface area contributed by atoms with E-state index in [9.17, 15) is 9.18 Å². The van der Waals surface area contributed by atoms with Gasteiger partial charge in [-0.3, -0.25) is 4.98 Å². The molecule has 0 saturated heterocycles. The zero-order valence-corrected chi connectivity index (χ0v) is 16.8. The van der Waals surface area contributed by atoms with Gasteiger partial charge in [-0.2, -0.15) is 9.36 Å². The number of aromatic nitrogens is 5. The second kappa shape index (κ2) is 7.90. The number of halogens is 1. The van der Waals surface area contributed by atoms with Crippen LogP contribution in [0.2, 0.25) is 0 Å². The average molecular weight is 405 g/mol. The van der Waals surface area contributed by atoms with Crippen LogP contribution >= 0.6 is 0 Å². The maximum atomic E-state index is 13.5. The first-order valence-corrected chi connectivity index (χ1v) is 9.37. The third-order valence-electron chi connectivity index (χ3n) is 4.87. The highest BCUT2D eigenvalue weighted by atomic mass is 19.1. The number of para-hydroxylation sites is 1. The molecule has 0 amide bonds. The summed E-state index contributed by atoms with van der Waals surface area (Å²) in [6.45, 7) is 4.18. The minimum Gasteiger partial charge on any atom is -0.486 e. The van der Waals surface area contributed by atoms with Crippen molar-refractivity contribution in [3.63, 3.8) is 0 Å². The first-order valence-electron chi connectivity index (χ1n) is 9.37. The highest BCUT2D eigenvalue weighted by Crippen LogP contribution is 2.28. The molecule has 0 N–H and O–H groups in total. The average Bonchev–Trinajstić information content (AvgIpc) is 3.06. The minimum absolute atomic E-state index is 0.301. The van der Waals surface area contributed by atoms with Crippen LogP contribution in [0, 0.1) is 19.7 Å². The Labute approximate surface area is 172 Å². The van der Waals surface area contributed by atoms with Crippen molar-refractivity contribution in [2.24, 2.45) is 7.05 Å². The summed E-state index contributed by atoms with van der Waals surface area (Å²) in [6.07, 6.45) is 1.45. The van der Waals surface area contributed by atoms with Crippen molar-refractivity contribution in [1.82, 2.24) is 24.8 Å². The lowest BCUT2D eigenvalue weighted by atomic mass is 10.0. The Balaban J connectivity index is 1.61. The molecular weight excluding hydrogens is 385 g/mol. The second-order valence-corrected chi connectivity index (χ2v) is 7.01. The maximum absolute atomic E-state index is 13.5. The summed E-state index contributed by atoms with van der Waals surface area (Å²) in [5.74, 6) is 0.242. The maximum Gasteiger partial charge on any atom is 0.368 e. The Morgan fingerprint density at radius 1 is 1.03 bits per heavy atom. The summed E-state index contributed by atoms with van der Waals surface area (Å²) in [5.41, 5.74) is 4.43. The predicted octanol–water partition coefficient (Wildman–Crippen LogP) is 3.36. The third-order valence-corrected chi connectivity index (χ3v) is 4.87. The molecule has 2 aromatic heterocycles. The molecule has 2 aromatic carbocycles. The molecule has 30 heavy (non-hydrogen) atoms. The van der Waals surface area contributed by atoms with Crippen LogP contribution < -0.4 is 10.4 Å². The van der Waals surface area contributed by atoms with Gasteiger partial charge in [-0.15, -0.1) is 0 Å². The van der Waals surface area contributed by atoms with Crippen LogP contribution in [0.3, 0.4) is 0 Å². The quantitative estimate of drug-likeness (QED) is 0.509. The van der Waals surface area contributed by atoms with Crippen LogP contribution in [-0.2, 0) is 13.7 Å². The molecule has 7 nitrogen and oxygen atoms in total. The SMILES string of the molecule is Cc1cc(-c2cc(F)ccn2)ccc1COc1c(C)cccc1-n1nnn(C)c1=O. The number of hydrogen-bond acceptors (Lipinski definition) is 5. The summed E-state index contributed by atoms with van der Waals surface area (Å²) in [4.78, 5) is 16.5. The number of nitrogens with zero attached hydrogens (tertiary/aromatic N) is 5. The molecule has 0 unspecified atom stereocenters. The van der Waals surface area contributed by atoms with Gasteiger partial charge in [0.25, 0.3) is 0 Å². The van der Waals surface area contributed by atoms with Gasteiger partial charge < -0.3 is 4.74 Å². The van der Waals surface area contributed by atoms with Crippen LogP contribution in [-0.4, -0.2) is 24.8 Å². The molecule has 0 saturated carbocycles. The number of benzene rings is 2. The fraction of sp³-hybridized carbons (Fsp3) is 0.182. The van der Waals surface area contributed by atoms with E-state index in [1.165, 1.54) is 23.0 Å². The highest BCUT2D eigenvalue weighted by Gasteiger charge is 2.15. The fourth-order valence-electron chi connectivity index (χ4n) is 3.19. The topological polar surface area (TPSA) is 74.8 Å². The van der Waals surface area contributed by atoms with Gasteiger partial charge in [0.15, 0.2) is 0 Å². The van der Waals surface area contributed by atoms with E-state index in [2.05, 4.69) is 15.4 Å². The lowest BCUT2D eigenvalue weighted by Gasteiger charge is -2.15. The van der Waals surface area contributed by atoms with Crippen molar-refractivity contribution in [2.75, 3.05) is 0 Å². The first kappa shape index (κ1) is 19.5. The molecule has 0 atom stereocenters. The number of rotatable bonds is 5. The van der Waals surface area contributed by atoms with Crippen molar-refractivity contribution in [1.29, 1.82) is 0 Å². The first-order chi connectivity index (χ1) is 14.4.